The number of amides is 1. The normalized spacial score (nSPS) is 26.4. The summed E-state index contributed by atoms with van der Waals surface area (Å²) >= 11 is 0. The highest BCUT2D eigenvalue weighted by atomic mass is 16.5. The van der Waals surface area contributed by atoms with E-state index in [0.29, 0.717) is 19.6 Å². The van der Waals surface area contributed by atoms with E-state index in [9.17, 15) is 9.90 Å². The van der Waals surface area contributed by atoms with Crippen molar-refractivity contribution in [2.75, 3.05) is 13.2 Å². The van der Waals surface area contributed by atoms with Crippen molar-refractivity contribution in [3.63, 3.8) is 0 Å². The van der Waals surface area contributed by atoms with Gasteiger partial charge in [-0.1, -0.05) is 61.4 Å². The van der Waals surface area contributed by atoms with Crippen LogP contribution in [0.1, 0.15) is 56.2 Å². The fourth-order valence-corrected chi connectivity index (χ4v) is 5.15. The van der Waals surface area contributed by atoms with Crippen molar-refractivity contribution in [1.29, 1.82) is 0 Å². The Labute approximate surface area is 179 Å². The van der Waals surface area contributed by atoms with Crippen LogP contribution >= 0.6 is 0 Å². The molecule has 0 unspecified atom stereocenters. The second-order valence-electron chi connectivity index (χ2n) is 8.40. The van der Waals surface area contributed by atoms with E-state index in [2.05, 4.69) is 6.07 Å². The minimum Gasteiger partial charge on any atom is -0.494 e. The van der Waals surface area contributed by atoms with Gasteiger partial charge in [-0.2, -0.15) is 0 Å². The van der Waals surface area contributed by atoms with Crippen molar-refractivity contribution in [3.05, 3.63) is 71.8 Å². The Hall–Kier alpha value is -2.59. The summed E-state index contributed by atoms with van der Waals surface area (Å²) in [6.07, 6.45) is 8.04. The summed E-state index contributed by atoms with van der Waals surface area (Å²) in [5.74, 6) is 0.822. The monoisotopic (exact) mass is 405 g/mol. The molecule has 4 nitrogen and oxygen atoms in total. The second-order valence-corrected chi connectivity index (χ2v) is 8.40. The molecule has 1 N–H and O–H groups in total. The SMILES string of the molecule is CCOc1ccccc1[C@@H]1[C@H]2CCCC[C@]2(O)CCN1C(=O)/C=C/c1ccccc1. The van der Waals surface area contributed by atoms with Crippen LogP contribution in [0, 0.1) is 5.92 Å². The number of hydrogen-bond donors (Lipinski definition) is 1. The summed E-state index contributed by atoms with van der Waals surface area (Å²) in [5.41, 5.74) is 1.30. The molecule has 2 aromatic rings. The van der Waals surface area contributed by atoms with E-state index in [1.807, 2.05) is 66.4 Å². The second kappa shape index (κ2) is 9.05. The Morgan fingerprint density at radius 2 is 1.90 bits per heavy atom. The lowest BCUT2D eigenvalue weighted by Gasteiger charge is -2.52. The molecule has 1 aliphatic carbocycles. The molecule has 1 amide bonds. The number of nitrogens with zero attached hydrogens (tertiary/aromatic N) is 1. The molecule has 1 saturated carbocycles. The quantitative estimate of drug-likeness (QED) is 0.713. The average molecular weight is 406 g/mol. The van der Waals surface area contributed by atoms with Crippen molar-refractivity contribution in [1.82, 2.24) is 4.90 Å². The maximum absolute atomic E-state index is 13.3. The summed E-state index contributed by atoms with van der Waals surface area (Å²) in [6, 6.07) is 17.7. The lowest BCUT2D eigenvalue weighted by Crippen LogP contribution is -2.56. The first-order valence-corrected chi connectivity index (χ1v) is 11.1. The van der Waals surface area contributed by atoms with Crippen molar-refractivity contribution in [2.45, 2.75) is 50.7 Å². The molecule has 4 rings (SSSR count). The zero-order chi connectivity index (χ0) is 21.0. The molecule has 0 spiro atoms. The molecule has 30 heavy (non-hydrogen) atoms. The smallest absolute Gasteiger partial charge is 0.247 e. The van der Waals surface area contributed by atoms with Gasteiger partial charge in [-0.25, -0.2) is 0 Å². The summed E-state index contributed by atoms with van der Waals surface area (Å²) in [6.45, 7) is 3.09. The number of likely N-dealkylation sites (tertiary alicyclic amines) is 1. The molecule has 2 aromatic carbocycles. The van der Waals surface area contributed by atoms with Crippen LogP contribution in [0.5, 0.6) is 5.75 Å². The molecule has 0 bridgehead atoms. The van der Waals surface area contributed by atoms with E-state index in [-0.39, 0.29) is 17.9 Å². The number of piperidine rings is 1. The number of benzene rings is 2. The number of fused-ring (bicyclic) bond motifs is 1. The highest BCUT2D eigenvalue weighted by Crippen LogP contribution is 2.50. The number of ether oxygens (including phenoxy) is 1. The number of para-hydroxylation sites is 1. The van der Waals surface area contributed by atoms with Crippen LogP contribution < -0.4 is 4.74 Å². The third-order valence-electron chi connectivity index (χ3n) is 6.61. The zero-order valence-corrected chi connectivity index (χ0v) is 17.7. The van der Waals surface area contributed by atoms with Gasteiger partial charge in [0.15, 0.2) is 0 Å². The molecule has 158 valence electrons. The minimum atomic E-state index is -0.706. The van der Waals surface area contributed by atoms with Gasteiger partial charge in [0.25, 0.3) is 0 Å². The van der Waals surface area contributed by atoms with Crippen LogP contribution in [0.2, 0.25) is 0 Å². The molecule has 1 heterocycles. The van der Waals surface area contributed by atoms with Gasteiger partial charge < -0.3 is 14.7 Å². The first kappa shape index (κ1) is 20.7. The fraction of sp³-hybridized carbons (Fsp3) is 0.423. The Bertz CT molecular complexity index is 894. The maximum atomic E-state index is 13.3. The van der Waals surface area contributed by atoms with Crippen LogP contribution in [0.4, 0.5) is 0 Å². The molecular weight excluding hydrogens is 374 g/mol. The van der Waals surface area contributed by atoms with Crippen molar-refractivity contribution < 1.29 is 14.6 Å². The largest absolute Gasteiger partial charge is 0.494 e. The third kappa shape index (κ3) is 4.15. The first-order chi connectivity index (χ1) is 14.6. The van der Waals surface area contributed by atoms with E-state index in [4.69, 9.17) is 4.74 Å². The average Bonchev–Trinajstić information content (AvgIpc) is 2.78. The molecule has 1 saturated heterocycles. The number of aliphatic hydroxyl groups is 1. The highest BCUT2D eigenvalue weighted by Gasteiger charge is 2.50. The molecular formula is C26H31NO3. The molecule has 3 atom stereocenters. The van der Waals surface area contributed by atoms with Gasteiger partial charge in [-0.15, -0.1) is 0 Å². The Morgan fingerprint density at radius 3 is 2.70 bits per heavy atom. The molecule has 4 heteroatoms. The molecule has 2 aliphatic rings. The van der Waals surface area contributed by atoms with Crippen LogP contribution in [0.25, 0.3) is 6.08 Å². The van der Waals surface area contributed by atoms with Crippen LogP contribution in [0.3, 0.4) is 0 Å². The molecule has 2 fully saturated rings. The Balaban J connectivity index is 1.70. The fourth-order valence-electron chi connectivity index (χ4n) is 5.15. The van der Waals surface area contributed by atoms with Gasteiger partial charge >= 0.3 is 0 Å². The number of rotatable bonds is 5. The van der Waals surface area contributed by atoms with E-state index < -0.39 is 5.60 Å². The van der Waals surface area contributed by atoms with Gasteiger partial charge in [0, 0.05) is 24.1 Å². The topological polar surface area (TPSA) is 49.8 Å². The van der Waals surface area contributed by atoms with Crippen LogP contribution in [-0.2, 0) is 4.79 Å². The predicted molar refractivity (Wildman–Crippen MR) is 119 cm³/mol. The van der Waals surface area contributed by atoms with Gasteiger partial charge in [0.05, 0.1) is 18.2 Å². The van der Waals surface area contributed by atoms with Gasteiger partial charge in [0.2, 0.25) is 5.91 Å². The number of carbonyl (C=O) groups excluding carboxylic acids is 1. The first-order valence-electron chi connectivity index (χ1n) is 11.1. The van der Waals surface area contributed by atoms with E-state index >= 15 is 0 Å². The highest BCUT2D eigenvalue weighted by molar-refractivity contribution is 5.92. The third-order valence-corrected chi connectivity index (χ3v) is 6.61. The predicted octanol–water partition coefficient (Wildman–Crippen LogP) is 4.99. The standard InChI is InChI=1S/C26H31NO3/c1-2-30-23-14-7-6-12-21(23)25-22-13-8-9-17-26(22,29)18-19-27(25)24(28)16-15-20-10-4-3-5-11-20/h3-7,10-12,14-16,22,25,29H,2,8-9,13,17-19H2,1H3/b16-15+/t22-,25-,26+/m1/s1. The van der Waals surface area contributed by atoms with Crippen molar-refractivity contribution in [3.8, 4) is 5.75 Å². The van der Waals surface area contributed by atoms with E-state index in [0.717, 1.165) is 42.6 Å². The lowest BCUT2D eigenvalue weighted by atomic mass is 9.66. The van der Waals surface area contributed by atoms with Crippen molar-refractivity contribution >= 4 is 12.0 Å². The summed E-state index contributed by atoms with van der Waals surface area (Å²) in [4.78, 5) is 15.3. The summed E-state index contributed by atoms with van der Waals surface area (Å²) in [7, 11) is 0. The van der Waals surface area contributed by atoms with Gasteiger partial charge in [-0.05, 0) is 43.9 Å². The molecule has 1 aliphatic heterocycles. The number of carbonyl (C=O) groups is 1. The zero-order valence-electron chi connectivity index (χ0n) is 17.7. The van der Waals surface area contributed by atoms with E-state index in [1.165, 1.54) is 0 Å². The van der Waals surface area contributed by atoms with Gasteiger partial charge in [-0.3, -0.25) is 4.79 Å². The summed E-state index contributed by atoms with van der Waals surface area (Å²) < 4.78 is 5.92. The van der Waals surface area contributed by atoms with Crippen molar-refractivity contribution in [2.24, 2.45) is 5.92 Å². The lowest BCUT2D eigenvalue weighted by molar-refractivity contribution is -0.151. The Morgan fingerprint density at radius 1 is 1.13 bits per heavy atom. The maximum Gasteiger partial charge on any atom is 0.247 e. The van der Waals surface area contributed by atoms with E-state index in [1.54, 1.807) is 6.08 Å². The van der Waals surface area contributed by atoms with Crippen LogP contribution in [-0.4, -0.2) is 34.7 Å². The molecule has 0 aromatic heterocycles. The Kier molecular flexibility index (Phi) is 6.24. The summed E-state index contributed by atoms with van der Waals surface area (Å²) in [5, 5.41) is 11.5. The minimum absolute atomic E-state index is 0.0113. The number of hydrogen-bond acceptors (Lipinski definition) is 3. The van der Waals surface area contributed by atoms with Gasteiger partial charge in [0.1, 0.15) is 5.75 Å². The van der Waals surface area contributed by atoms with Crippen LogP contribution in [0.15, 0.2) is 60.7 Å². The molecule has 0 radical (unpaired) electrons.